The molecule has 0 saturated heterocycles. The smallest absolute Gasteiger partial charge is 0.395 e. The van der Waals surface area contributed by atoms with Gasteiger partial charge in [0.1, 0.15) is 4.60 Å². The molecular weight excluding hydrogens is 275 g/mol. The second kappa shape index (κ2) is 4.94. The van der Waals surface area contributed by atoms with Gasteiger partial charge in [-0.25, -0.2) is 4.98 Å². The minimum Gasteiger partial charge on any atom is -0.396 e. The summed E-state index contributed by atoms with van der Waals surface area (Å²) in [5.41, 5.74) is 0.110. The average Bonchev–Trinajstić information content (AvgIpc) is 2.12. The van der Waals surface area contributed by atoms with Crippen molar-refractivity contribution in [1.82, 2.24) is 4.98 Å². The average molecular weight is 284 g/mol. The molecule has 0 radical (unpaired) electrons. The van der Waals surface area contributed by atoms with Crippen molar-refractivity contribution in [3.05, 3.63) is 28.5 Å². The van der Waals surface area contributed by atoms with Crippen molar-refractivity contribution in [2.45, 2.75) is 18.5 Å². The van der Waals surface area contributed by atoms with E-state index in [2.05, 4.69) is 20.9 Å². The summed E-state index contributed by atoms with van der Waals surface area (Å²) in [5, 5.41) is 8.60. The number of aromatic nitrogens is 1. The molecule has 1 aromatic rings. The van der Waals surface area contributed by atoms with E-state index in [1.807, 2.05) is 0 Å². The molecule has 1 atom stereocenters. The van der Waals surface area contributed by atoms with Crippen LogP contribution in [0, 0.1) is 0 Å². The van der Waals surface area contributed by atoms with E-state index in [-0.39, 0.29) is 12.0 Å². The molecule has 0 spiro atoms. The molecule has 1 N–H and O–H groups in total. The molecule has 0 aromatic carbocycles. The lowest BCUT2D eigenvalue weighted by Gasteiger charge is -2.19. The molecule has 2 nitrogen and oxygen atoms in total. The fourth-order valence-corrected chi connectivity index (χ4v) is 1.67. The summed E-state index contributed by atoms with van der Waals surface area (Å²) in [5.74, 6) is -1.64. The van der Waals surface area contributed by atoms with Crippen LogP contribution in [0.25, 0.3) is 0 Å². The van der Waals surface area contributed by atoms with Crippen LogP contribution in [0.2, 0.25) is 0 Å². The number of alkyl halides is 3. The highest BCUT2D eigenvalue weighted by molar-refractivity contribution is 9.10. The van der Waals surface area contributed by atoms with Gasteiger partial charge in [-0.1, -0.05) is 0 Å². The Hall–Kier alpha value is -0.620. The number of hydrogen-bond acceptors (Lipinski definition) is 2. The van der Waals surface area contributed by atoms with E-state index in [1.54, 1.807) is 0 Å². The van der Waals surface area contributed by atoms with Crippen LogP contribution in [0.1, 0.15) is 17.9 Å². The lowest BCUT2D eigenvalue weighted by atomic mass is 9.96. The van der Waals surface area contributed by atoms with Crippen molar-refractivity contribution in [2.75, 3.05) is 6.61 Å². The summed E-state index contributed by atoms with van der Waals surface area (Å²) < 4.78 is 38.1. The van der Waals surface area contributed by atoms with Crippen molar-refractivity contribution in [2.24, 2.45) is 0 Å². The SMILES string of the molecule is OCCC(c1ccnc(Br)c1)C(F)(F)F. The lowest BCUT2D eigenvalue weighted by Crippen LogP contribution is -2.22. The molecule has 0 aliphatic rings. The normalized spacial score (nSPS) is 13.9. The zero-order chi connectivity index (χ0) is 11.5. The zero-order valence-electron chi connectivity index (χ0n) is 7.63. The van der Waals surface area contributed by atoms with Gasteiger partial charge in [-0.2, -0.15) is 13.2 Å². The van der Waals surface area contributed by atoms with Gasteiger partial charge in [0.2, 0.25) is 0 Å². The van der Waals surface area contributed by atoms with Crippen molar-refractivity contribution in [3.63, 3.8) is 0 Å². The minimum absolute atomic E-state index is 0.110. The predicted molar refractivity (Wildman–Crippen MR) is 52.4 cm³/mol. The molecule has 0 saturated carbocycles. The number of rotatable bonds is 3. The first-order valence-electron chi connectivity index (χ1n) is 4.24. The van der Waals surface area contributed by atoms with E-state index in [9.17, 15) is 13.2 Å². The zero-order valence-corrected chi connectivity index (χ0v) is 9.22. The van der Waals surface area contributed by atoms with Crippen LogP contribution in [0.15, 0.2) is 22.9 Å². The van der Waals surface area contributed by atoms with Gasteiger partial charge in [0, 0.05) is 12.8 Å². The summed E-state index contributed by atoms with van der Waals surface area (Å²) >= 11 is 3.01. The van der Waals surface area contributed by atoms with Gasteiger partial charge in [-0.15, -0.1) is 0 Å². The van der Waals surface area contributed by atoms with Crippen LogP contribution in [0.5, 0.6) is 0 Å². The Labute approximate surface area is 93.3 Å². The lowest BCUT2D eigenvalue weighted by molar-refractivity contribution is -0.153. The second-order valence-corrected chi connectivity index (χ2v) is 3.83. The molecule has 0 bridgehead atoms. The molecule has 0 fully saturated rings. The van der Waals surface area contributed by atoms with Gasteiger partial charge >= 0.3 is 6.18 Å². The number of pyridine rings is 1. The van der Waals surface area contributed by atoms with E-state index in [0.717, 1.165) is 0 Å². The second-order valence-electron chi connectivity index (χ2n) is 3.02. The van der Waals surface area contributed by atoms with Crippen LogP contribution >= 0.6 is 15.9 Å². The molecule has 0 aliphatic carbocycles. The van der Waals surface area contributed by atoms with Gasteiger partial charge < -0.3 is 5.11 Å². The molecule has 1 heterocycles. The highest BCUT2D eigenvalue weighted by Crippen LogP contribution is 2.37. The molecular formula is C9H9BrF3NO. The Kier molecular flexibility index (Phi) is 4.10. The molecule has 0 aliphatic heterocycles. The van der Waals surface area contributed by atoms with Crippen LogP contribution in [-0.2, 0) is 0 Å². The molecule has 1 aromatic heterocycles. The molecule has 1 rings (SSSR count). The van der Waals surface area contributed by atoms with Crippen molar-refractivity contribution < 1.29 is 18.3 Å². The van der Waals surface area contributed by atoms with Crippen LogP contribution < -0.4 is 0 Å². The Morgan fingerprint density at radius 2 is 2.13 bits per heavy atom. The van der Waals surface area contributed by atoms with E-state index < -0.39 is 18.7 Å². The Balaban J connectivity index is 2.99. The summed E-state index contributed by atoms with van der Waals surface area (Å²) in [6.07, 6.45) is -3.38. The van der Waals surface area contributed by atoms with E-state index in [0.29, 0.717) is 4.60 Å². The highest BCUT2D eigenvalue weighted by Gasteiger charge is 2.40. The van der Waals surface area contributed by atoms with Gasteiger partial charge in [0.05, 0.1) is 5.92 Å². The number of aliphatic hydroxyl groups excluding tert-OH is 1. The van der Waals surface area contributed by atoms with Crippen LogP contribution in [-0.4, -0.2) is 22.9 Å². The van der Waals surface area contributed by atoms with E-state index >= 15 is 0 Å². The molecule has 0 amide bonds. The standard InChI is InChI=1S/C9H9BrF3NO/c10-8-5-6(1-3-14-8)7(2-4-15)9(11,12)13/h1,3,5,7,15H,2,4H2. The number of hydrogen-bond donors (Lipinski definition) is 1. The van der Waals surface area contributed by atoms with E-state index in [1.165, 1.54) is 18.3 Å². The first kappa shape index (κ1) is 12.4. The first-order valence-corrected chi connectivity index (χ1v) is 5.03. The maximum atomic E-state index is 12.6. The third kappa shape index (κ3) is 3.46. The largest absolute Gasteiger partial charge is 0.396 e. The Bertz CT molecular complexity index is 329. The quantitative estimate of drug-likeness (QED) is 0.866. The van der Waals surface area contributed by atoms with Gasteiger partial charge in [-0.3, -0.25) is 0 Å². The van der Waals surface area contributed by atoms with Gasteiger partial charge in [-0.05, 0) is 40.0 Å². The molecule has 15 heavy (non-hydrogen) atoms. The predicted octanol–water partition coefficient (Wildman–Crippen LogP) is 2.87. The maximum Gasteiger partial charge on any atom is 0.395 e. The Morgan fingerprint density at radius 1 is 1.47 bits per heavy atom. The van der Waals surface area contributed by atoms with Crippen LogP contribution in [0.4, 0.5) is 13.2 Å². The summed E-state index contributed by atoms with van der Waals surface area (Å²) in [6, 6.07) is 2.62. The van der Waals surface area contributed by atoms with Crippen molar-refractivity contribution in [3.8, 4) is 0 Å². The van der Waals surface area contributed by atoms with Crippen molar-refractivity contribution >= 4 is 15.9 Å². The summed E-state index contributed by atoms with van der Waals surface area (Å²) in [7, 11) is 0. The van der Waals surface area contributed by atoms with Gasteiger partial charge in [0.25, 0.3) is 0 Å². The maximum absolute atomic E-state index is 12.6. The minimum atomic E-state index is -4.34. The summed E-state index contributed by atoms with van der Waals surface area (Å²) in [4.78, 5) is 3.75. The number of halogens is 4. The molecule has 6 heteroatoms. The fraction of sp³-hybridized carbons (Fsp3) is 0.444. The number of aliphatic hydroxyl groups is 1. The van der Waals surface area contributed by atoms with Gasteiger partial charge in [0.15, 0.2) is 0 Å². The number of nitrogens with zero attached hydrogens (tertiary/aromatic N) is 1. The first-order chi connectivity index (χ1) is 6.95. The highest BCUT2D eigenvalue weighted by atomic mass is 79.9. The van der Waals surface area contributed by atoms with Crippen LogP contribution in [0.3, 0.4) is 0 Å². The summed E-state index contributed by atoms with van der Waals surface area (Å²) in [6.45, 7) is -0.496. The third-order valence-corrected chi connectivity index (χ3v) is 2.40. The monoisotopic (exact) mass is 283 g/mol. The fourth-order valence-electron chi connectivity index (χ4n) is 1.28. The molecule has 1 unspecified atom stereocenters. The third-order valence-electron chi connectivity index (χ3n) is 1.97. The topological polar surface area (TPSA) is 33.1 Å². The van der Waals surface area contributed by atoms with E-state index in [4.69, 9.17) is 5.11 Å². The molecule has 84 valence electrons. The Morgan fingerprint density at radius 3 is 2.60 bits per heavy atom. The van der Waals surface area contributed by atoms with Crippen molar-refractivity contribution in [1.29, 1.82) is 0 Å².